The van der Waals surface area contributed by atoms with E-state index >= 15 is 0 Å². The molecule has 0 saturated carbocycles. The molecule has 0 heterocycles. The number of carbonyl (C=O) groups excluding carboxylic acids is 3. The monoisotopic (exact) mass is 565 g/mol. The van der Waals surface area contributed by atoms with Crippen LogP contribution in [0.3, 0.4) is 0 Å². The lowest BCUT2D eigenvalue weighted by Crippen LogP contribution is -2.53. The van der Waals surface area contributed by atoms with E-state index in [9.17, 15) is 24.3 Å². The molecular formula is C32H31N5O5. The summed E-state index contributed by atoms with van der Waals surface area (Å²) < 4.78 is 0. The highest BCUT2D eigenvalue weighted by molar-refractivity contribution is 6.07. The molecule has 4 aromatic carbocycles. The number of amides is 3. The van der Waals surface area contributed by atoms with Crippen LogP contribution in [0, 0.1) is 5.41 Å². The Morgan fingerprint density at radius 3 is 2.14 bits per heavy atom. The molecule has 0 radical (unpaired) electrons. The Bertz CT molecular complexity index is 1660. The summed E-state index contributed by atoms with van der Waals surface area (Å²) in [5, 5.41) is 21.5. The van der Waals surface area contributed by atoms with Crippen molar-refractivity contribution in [1.82, 2.24) is 10.2 Å². The van der Waals surface area contributed by atoms with Gasteiger partial charge in [0.15, 0.2) is 0 Å². The Labute approximate surface area is 242 Å². The zero-order valence-electron chi connectivity index (χ0n) is 23.2. The minimum absolute atomic E-state index is 0.194. The van der Waals surface area contributed by atoms with Crippen molar-refractivity contribution in [2.45, 2.75) is 19.0 Å². The van der Waals surface area contributed by atoms with Crippen molar-refractivity contribution in [3.8, 4) is 0 Å². The molecule has 0 aliphatic carbocycles. The number of nitrogens with zero attached hydrogens (tertiary/aromatic N) is 2. The summed E-state index contributed by atoms with van der Waals surface area (Å²) in [4.78, 5) is 55.0. The number of aliphatic carboxylic acids is 1. The summed E-state index contributed by atoms with van der Waals surface area (Å²) in [5.74, 6) is -3.17. The second-order valence-corrected chi connectivity index (χ2v) is 9.82. The van der Waals surface area contributed by atoms with Gasteiger partial charge in [-0.05, 0) is 47.5 Å². The van der Waals surface area contributed by atoms with Crippen LogP contribution < -0.4 is 16.0 Å². The first-order chi connectivity index (χ1) is 20.1. The maximum Gasteiger partial charge on any atom is 0.323 e. The molecule has 2 atom stereocenters. The van der Waals surface area contributed by atoms with Gasteiger partial charge in [-0.15, -0.1) is 0 Å². The van der Waals surface area contributed by atoms with Crippen molar-refractivity contribution < 1.29 is 24.3 Å². The molecule has 0 spiro atoms. The number of hydrogen-bond acceptors (Lipinski definition) is 5. The topological polar surface area (TPSA) is 157 Å². The van der Waals surface area contributed by atoms with E-state index in [1.54, 1.807) is 60.7 Å². The van der Waals surface area contributed by atoms with Gasteiger partial charge in [0.1, 0.15) is 24.5 Å². The SMILES string of the molecule is C[C@H](C(=O)N(C)CC(=O)O)N(C(=O)[C@H](NC(=O)c1cccc(C(=N)N)c1)c1ccccc1)c1ccc2ccccc2c1. The van der Waals surface area contributed by atoms with Crippen molar-refractivity contribution in [2.75, 3.05) is 18.5 Å². The van der Waals surface area contributed by atoms with Gasteiger partial charge in [0.25, 0.3) is 11.8 Å². The third-order valence-corrected chi connectivity index (χ3v) is 6.83. The number of anilines is 1. The molecule has 0 unspecified atom stereocenters. The van der Waals surface area contributed by atoms with Crippen LogP contribution in [0.15, 0.2) is 97.1 Å². The highest BCUT2D eigenvalue weighted by Gasteiger charge is 2.36. The molecule has 10 heteroatoms. The Morgan fingerprint density at radius 1 is 0.833 bits per heavy atom. The first-order valence-corrected chi connectivity index (χ1v) is 13.2. The number of carboxylic acid groups (broad SMARTS) is 1. The minimum Gasteiger partial charge on any atom is -0.480 e. The van der Waals surface area contributed by atoms with Gasteiger partial charge in [-0.2, -0.15) is 0 Å². The van der Waals surface area contributed by atoms with Gasteiger partial charge < -0.3 is 21.1 Å². The van der Waals surface area contributed by atoms with Gasteiger partial charge in [-0.1, -0.05) is 72.8 Å². The largest absolute Gasteiger partial charge is 0.480 e. The molecule has 214 valence electrons. The number of nitrogens with one attached hydrogen (secondary N) is 2. The fourth-order valence-electron chi connectivity index (χ4n) is 4.69. The number of benzene rings is 4. The minimum atomic E-state index is -1.22. The maximum atomic E-state index is 14.5. The van der Waals surface area contributed by atoms with Crippen molar-refractivity contribution in [3.05, 3.63) is 114 Å². The maximum absolute atomic E-state index is 14.5. The molecule has 0 aliphatic heterocycles. The zero-order chi connectivity index (χ0) is 30.4. The Hall–Kier alpha value is -5.51. The van der Waals surface area contributed by atoms with E-state index in [0.29, 0.717) is 16.8 Å². The van der Waals surface area contributed by atoms with Gasteiger partial charge in [0.2, 0.25) is 5.91 Å². The Balaban J connectivity index is 1.79. The van der Waals surface area contributed by atoms with Gasteiger partial charge >= 0.3 is 5.97 Å². The predicted molar refractivity (Wildman–Crippen MR) is 160 cm³/mol. The molecule has 0 bridgehead atoms. The molecule has 3 amide bonds. The summed E-state index contributed by atoms with van der Waals surface area (Å²) in [7, 11) is 1.36. The third kappa shape index (κ3) is 6.61. The van der Waals surface area contributed by atoms with E-state index < -0.39 is 42.3 Å². The van der Waals surface area contributed by atoms with Gasteiger partial charge in [0.05, 0.1) is 0 Å². The lowest BCUT2D eigenvalue weighted by Gasteiger charge is -2.34. The third-order valence-electron chi connectivity index (χ3n) is 6.83. The molecule has 0 saturated heterocycles. The van der Waals surface area contributed by atoms with Gasteiger partial charge in [-0.3, -0.25) is 29.5 Å². The molecule has 5 N–H and O–H groups in total. The van der Waals surface area contributed by atoms with E-state index in [-0.39, 0.29) is 11.4 Å². The quantitative estimate of drug-likeness (QED) is 0.170. The lowest BCUT2D eigenvalue weighted by molar-refractivity contribution is -0.144. The highest BCUT2D eigenvalue weighted by atomic mass is 16.4. The van der Waals surface area contributed by atoms with Crippen LogP contribution >= 0.6 is 0 Å². The second kappa shape index (κ2) is 12.8. The van der Waals surface area contributed by atoms with Crippen molar-refractivity contribution in [1.29, 1.82) is 5.41 Å². The summed E-state index contributed by atoms with van der Waals surface area (Å²) >= 11 is 0. The number of nitrogens with two attached hydrogens (primary N) is 1. The zero-order valence-corrected chi connectivity index (χ0v) is 23.2. The Morgan fingerprint density at radius 2 is 1.48 bits per heavy atom. The Kier molecular flexibility index (Phi) is 8.96. The summed E-state index contributed by atoms with van der Waals surface area (Å²) in [6.07, 6.45) is 0. The van der Waals surface area contributed by atoms with E-state index in [1.165, 1.54) is 24.9 Å². The fourth-order valence-corrected chi connectivity index (χ4v) is 4.69. The smallest absolute Gasteiger partial charge is 0.323 e. The van der Waals surface area contributed by atoms with Crippen molar-refractivity contribution >= 4 is 46.0 Å². The van der Waals surface area contributed by atoms with Gasteiger partial charge in [0, 0.05) is 23.9 Å². The molecule has 0 fully saturated rings. The fraction of sp³-hybridized carbons (Fsp3) is 0.156. The van der Waals surface area contributed by atoms with E-state index in [2.05, 4.69) is 5.32 Å². The highest BCUT2D eigenvalue weighted by Crippen LogP contribution is 2.28. The van der Waals surface area contributed by atoms with E-state index in [1.807, 2.05) is 30.3 Å². The molecule has 4 rings (SSSR count). The van der Waals surface area contributed by atoms with Crippen LogP contribution in [0.5, 0.6) is 0 Å². The van der Waals surface area contributed by atoms with E-state index in [4.69, 9.17) is 11.1 Å². The lowest BCUT2D eigenvalue weighted by atomic mass is 10.0. The summed E-state index contributed by atoms with van der Waals surface area (Å²) in [6.45, 7) is 0.974. The van der Waals surface area contributed by atoms with Crippen molar-refractivity contribution in [3.63, 3.8) is 0 Å². The van der Waals surface area contributed by atoms with Crippen LogP contribution in [0.1, 0.15) is 34.5 Å². The molecule has 0 aliphatic rings. The average Bonchev–Trinajstić information content (AvgIpc) is 2.99. The van der Waals surface area contributed by atoms with E-state index in [0.717, 1.165) is 15.7 Å². The van der Waals surface area contributed by atoms with Gasteiger partial charge in [-0.25, -0.2) is 0 Å². The molecular weight excluding hydrogens is 534 g/mol. The number of carbonyl (C=O) groups is 4. The van der Waals surface area contributed by atoms with Crippen molar-refractivity contribution in [2.24, 2.45) is 5.73 Å². The first-order valence-electron chi connectivity index (χ1n) is 13.2. The molecule has 10 nitrogen and oxygen atoms in total. The molecule has 0 aromatic heterocycles. The standard InChI is InChI=1S/C32H31N5O5/c1-20(31(41)36(2)19-27(38)39)37(26-16-15-21-9-6-7-12-23(21)18-26)32(42)28(22-10-4-3-5-11-22)35-30(40)25-14-8-13-24(17-25)29(33)34/h3-18,20,28H,19H2,1-2H3,(H3,33,34)(H,35,40)(H,38,39)/t20-,28-/m1/s1. The second-order valence-electron chi connectivity index (χ2n) is 9.82. The number of hydrogen-bond donors (Lipinski definition) is 4. The molecule has 42 heavy (non-hydrogen) atoms. The normalized spacial score (nSPS) is 12.1. The number of nitrogen functional groups attached to an aromatic ring is 1. The predicted octanol–water partition coefficient (Wildman–Crippen LogP) is 3.56. The average molecular weight is 566 g/mol. The van der Waals surface area contributed by atoms with Crippen LogP contribution in [0.4, 0.5) is 5.69 Å². The number of amidine groups is 1. The number of fused-ring (bicyclic) bond motifs is 1. The van der Waals surface area contributed by atoms with Crippen LogP contribution in [-0.4, -0.2) is 59.2 Å². The van der Waals surface area contributed by atoms with Crippen LogP contribution in [0.25, 0.3) is 10.8 Å². The number of carboxylic acids is 1. The molecule has 4 aromatic rings. The van der Waals surface area contributed by atoms with Crippen LogP contribution in [-0.2, 0) is 14.4 Å². The number of rotatable bonds is 10. The summed E-state index contributed by atoms with van der Waals surface area (Å²) in [5.41, 5.74) is 7.02. The first kappa shape index (κ1) is 29.5. The summed E-state index contributed by atoms with van der Waals surface area (Å²) in [6, 6.07) is 25.3. The number of likely N-dealkylation sites (N-methyl/N-ethyl adjacent to an activating group) is 1. The van der Waals surface area contributed by atoms with Crippen LogP contribution in [0.2, 0.25) is 0 Å².